The van der Waals surface area contributed by atoms with Gasteiger partial charge in [0.15, 0.2) is 12.2 Å². The maximum Gasteiger partial charge on any atom is 0.315 e. The van der Waals surface area contributed by atoms with Crippen molar-refractivity contribution in [3.05, 3.63) is 11.6 Å². The Balaban J connectivity index is 1.45. The summed E-state index contributed by atoms with van der Waals surface area (Å²) in [6.07, 6.45) is -0.586. The SMILES string of the molecule is CC(=O)OC[C@H]1O[C@@H](OC(=O)C23CCC(C)[C@@](C)(OC(C)=O)C2C2=CCC4[C@]5(C)CC[C@@H](OC(C)=O)[C@](C)(COC(C)=O)C5CC[C@]4(C)[C@@]2(C)CC3)[C@H](OC(C)=O)[C@@H](OC(C)=O)[C@@H]1OC(C)=O. The van der Waals surface area contributed by atoms with Crippen molar-refractivity contribution in [1.82, 2.24) is 0 Å². The predicted molar refractivity (Wildman–Crippen MR) is 235 cm³/mol. The van der Waals surface area contributed by atoms with Gasteiger partial charge in [-0.05, 0) is 98.7 Å². The molecule has 0 aromatic carbocycles. The molecule has 5 unspecified atom stereocenters. The van der Waals surface area contributed by atoms with Gasteiger partial charge in [-0.15, -0.1) is 0 Å². The molecule has 5 aliphatic carbocycles. The molecule has 6 aliphatic rings. The number of hydrogen-bond acceptors (Lipinski definition) is 17. The second-order valence-corrected chi connectivity index (χ2v) is 21.5. The van der Waals surface area contributed by atoms with Gasteiger partial charge in [0.05, 0.1) is 5.41 Å². The van der Waals surface area contributed by atoms with Gasteiger partial charge in [-0.1, -0.05) is 46.3 Å². The summed E-state index contributed by atoms with van der Waals surface area (Å²) < 4.78 is 53.0. The molecule has 0 bridgehead atoms. The summed E-state index contributed by atoms with van der Waals surface area (Å²) in [5, 5.41) is 0. The molecule has 1 heterocycles. The van der Waals surface area contributed by atoms with Gasteiger partial charge < -0.3 is 42.6 Å². The van der Waals surface area contributed by atoms with Gasteiger partial charge >= 0.3 is 47.8 Å². The molecule has 1 saturated heterocycles. The van der Waals surface area contributed by atoms with E-state index in [1.807, 2.05) is 13.8 Å². The molecule has 16 atom stereocenters. The summed E-state index contributed by atoms with van der Waals surface area (Å²) in [7, 11) is 0. The number of ether oxygens (including phenoxy) is 9. The van der Waals surface area contributed by atoms with Crippen molar-refractivity contribution in [1.29, 1.82) is 0 Å². The van der Waals surface area contributed by atoms with Crippen LogP contribution in [-0.4, -0.2) is 103 Å². The minimum Gasteiger partial charge on any atom is -0.465 e. The molecule has 1 aliphatic heterocycles. The Bertz CT molecular complexity index is 2050. The van der Waals surface area contributed by atoms with Crippen LogP contribution in [0.3, 0.4) is 0 Å². The first-order valence-corrected chi connectivity index (χ1v) is 23.8. The zero-order chi connectivity index (χ0) is 49.8. The molecule has 6 rings (SSSR count). The quantitative estimate of drug-likeness (QED) is 0.124. The van der Waals surface area contributed by atoms with E-state index in [2.05, 4.69) is 33.8 Å². The third kappa shape index (κ3) is 9.11. The predicted octanol–water partition coefficient (Wildman–Crippen LogP) is 6.43. The monoisotopic (exact) mass is 944 g/mol. The van der Waals surface area contributed by atoms with E-state index in [0.29, 0.717) is 38.5 Å². The smallest absolute Gasteiger partial charge is 0.315 e. The first-order valence-electron chi connectivity index (χ1n) is 23.8. The summed E-state index contributed by atoms with van der Waals surface area (Å²) in [6, 6.07) is 0. The summed E-state index contributed by atoms with van der Waals surface area (Å²) in [5.41, 5.74) is -3.29. The van der Waals surface area contributed by atoms with E-state index in [-0.39, 0.29) is 41.2 Å². The van der Waals surface area contributed by atoms with Crippen LogP contribution in [0.1, 0.15) is 148 Å². The highest BCUT2D eigenvalue weighted by Gasteiger charge is 2.73. The average Bonchev–Trinajstić information content (AvgIpc) is 3.20. The Kier molecular flexibility index (Phi) is 14.5. The summed E-state index contributed by atoms with van der Waals surface area (Å²) >= 11 is 0. The standard InChI is InChI=1S/C50H72O17/c1-26-16-21-50(44(58)66-43-41(64-32(7)56)40(63-31(6)55)39(62-30(5)54)35(65-43)24-59-27(2)51)23-22-47(11)34(42(50)49(26,13)67-33(8)57)14-15-37-45(9)19-18-38(61-29(4)53)46(10,25-60-28(3)52)36(45)17-20-48(37,47)12/h14,26,35-43H,15-25H2,1-13H3/t26?,35-,36?,37?,38-,39-,40+,41-,42?,43+,45-,46-,47+,48+,49-,50?/m1/s1. The van der Waals surface area contributed by atoms with Gasteiger partial charge in [-0.25, -0.2) is 0 Å². The summed E-state index contributed by atoms with van der Waals surface area (Å²) in [6.45, 7) is 21.3. The molecule has 5 fully saturated rings. The zero-order valence-corrected chi connectivity index (χ0v) is 41.6. The van der Waals surface area contributed by atoms with Crippen LogP contribution in [0.5, 0.6) is 0 Å². The number of allylic oxidation sites excluding steroid dienone is 1. The number of rotatable bonds is 11. The van der Waals surface area contributed by atoms with E-state index >= 15 is 4.79 Å². The highest BCUT2D eigenvalue weighted by molar-refractivity contribution is 5.80. The lowest BCUT2D eigenvalue weighted by Crippen LogP contribution is -2.69. The first-order chi connectivity index (χ1) is 31.1. The second kappa shape index (κ2) is 18.8. The molecular weight excluding hydrogens is 873 g/mol. The van der Waals surface area contributed by atoms with Crippen molar-refractivity contribution in [2.75, 3.05) is 13.2 Å². The molecule has 0 spiro atoms. The second-order valence-electron chi connectivity index (χ2n) is 21.5. The molecule has 17 heteroatoms. The molecule has 0 aromatic heterocycles. The van der Waals surface area contributed by atoms with E-state index in [0.717, 1.165) is 45.6 Å². The largest absolute Gasteiger partial charge is 0.465 e. The fourth-order valence-corrected chi connectivity index (χ4v) is 14.4. The van der Waals surface area contributed by atoms with Crippen LogP contribution >= 0.6 is 0 Å². The van der Waals surface area contributed by atoms with Crippen LogP contribution in [0.4, 0.5) is 0 Å². The van der Waals surface area contributed by atoms with Crippen molar-refractivity contribution in [3.63, 3.8) is 0 Å². The van der Waals surface area contributed by atoms with Crippen molar-refractivity contribution in [2.45, 2.75) is 190 Å². The maximum atomic E-state index is 15.6. The van der Waals surface area contributed by atoms with Crippen LogP contribution in [-0.2, 0) is 81.0 Å². The number of carbonyl (C=O) groups excluding carboxylic acids is 8. The third-order valence-electron chi connectivity index (χ3n) is 17.6. The molecule has 374 valence electrons. The Morgan fingerprint density at radius 1 is 0.612 bits per heavy atom. The lowest BCUT2D eigenvalue weighted by atomic mass is 9.33. The Morgan fingerprint density at radius 2 is 1.21 bits per heavy atom. The minimum absolute atomic E-state index is 0.0364. The zero-order valence-electron chi connectivity index (χ0n) is 41.6. The van der Waals surface area contributed by atoms with Gasteiger partial charge in [-0.3, -0.25) is 38.4 Å². The fourth-order valence-electron chi connectivity index (χ4n) is 14.4. The number of carbonyl (C=O) groups is 8. The molecule has 0 aromatic rings. The summed E-state index contributed by atoms with van der Waals surface area (Å²) in [4.78, 5) is 103. The Labute approximate surface area is 393 Å². The average molecular weight is 945 g/mol. The molecule has 0 amide bonds. The molecule has 67 heavy (non-hydrogen) atoms. The van der Waals surface area contributed by atoms with E-state index in [1.165, 1.54) is 27.7 Å². The van der Waals surface area contributed by atoms with Crippen molar-refractivity contribution < 1.29 is 81.0 Å². The lowest BCUT2D eigenvalue weighted by Gasteiger charge is -2.72. The maximum absolute atomic E-state index is 15.6. The Hall–Kier alpha value is -4.54. The van der Waals surface area contributed by atoms with Crippen molar-refractivity contribution in [3.8, 4) is 0 Å². The van der Waals surface area contributed by atoms with Gasteiger partial charge in [-0.2, -0.15) is 0 Å². The number of hydrogen-bond donors (Lipinski definition) is 0. The van der Waals surface area contributed by atoms with Crippen LogP contribution in [0.15, 0.2) is 11.6 Å². The normalized spacial score (nSPS) is 42.0. The van der Waals surface area contributed by atoms with E-state index in [9.17, 15) is 33.6 Å². The number of fused-ring (bicyclic) bond motifs is 7. The highest BCUT2D eigenvalue weighted by Crippen LogP contribution is 2.76. The lowest BCUT2D eigenvalue weighted by molar-refractivity contribution is -0.306. The topological polar surface area (TPSA) is 220 Å². The molecular formula is C50H72O17. The van der Waals surface area contributed by atoms with E-state index in [4.69, 9.17) is 42.6 Å². The van der Waals surface area contributed by atoms with Gasteiger partial charge in [0.25, 0.3) is 0 Å². The van der Waals surface area contributed by atoms with Gasteiger partial charge in [0.2, 0.25) is 12.4 Å². The van der Waals surface area contributed by atoms with E-state index in [1.54, 1.807) is 0 Å². The Morgan fingerprint density at radius 3 is 1.79 bits per heavy atom. The summed E-state index contributed by atoms with van der Waals surface area (Å²) in [5.74, 6) is -5.88. The fraction of sp³-hybridized carbons (Fsp3) is 0.800. The minimum atomic E-state index is -1.74. The first kappa shape index (κ1) is 51.8. The van der Waals surface area contributed by atoms with E-state index < -0.39 is 113 Å². The van der Waals surface area contributed by atoms with Crippen LogP contribution in [0.25, 0.3) is 0 Å². The van der Waals surface area contributed by atoms with Crippen molar-refractivity contribution >= 4 is 47.8 Å². The third-order valence-corrected chi connectivity index (χ3v) is 17.6. The van der Waals surface area contributed by atoms with Crippen molar-refractivity contribution in [2.24, 2.45) is 50.7 Å². The van der Waals surface area contributed by atoms with Gasteiger partial charge in [0.1, 0.15) is 31.0 Å². The van der Waals surface area contributed by atoms with Crippen LogP contribution in [0, 0.1) is 50.7 Å². The number of esters is 8. The van der Waals surface area contributed by atoms with Crippen LogP contribution in [0.2, 0.25) is 0 Å². The molecule has 17 nitrogen and oxygen atoms in total. The van der Waals surface area contributed by atoms with Gasteiger partial charge in [0, 0.05) is 59.8 Å². The molecule has 4 saturated carbocycles. The molecule has 0 radical (unpaired) electrons. The molecule has 0 N–H and O–H groups in total. The van der Waals surface area contributed by atoms with Crippen LogP contribution < -0.4 is 0 Å². The highest BCUT2D eigenvalue weighted by atomic mass is 16.7.